The highest BCUT2D eigenvalue weighted by molar-refractivity contribution is 14.1. The lowest BCUT2D eigenvalue weighted by Crippen LogP contribution is -2.56. The molecule has 13 heavy (non-hydrogen) atoms. The molecule has 0 bridgehead atoms. The molecule has 5 heteroatoms. The van der Waals surface area contributed by atoms with Crippen LogP contribution in [0.25, 0.3) is 0 Å². The Morgan fingerprint density at radius 3 is 2.92 bits per heavy atom. The zero-order valence-corrected chi connectivity index (χ0v) is 9.81. The van der Waals surface area contributed by atoms with E-state index in [2.05, 4.69) is 33.2 Å². The van der Waals surface area contributed by atoms with Gasteiger partial charge in [-0.15, -0.1) is 11.3 Å². The fourth-order valence-corrected chi connectivity index (χ4v) is 2.42. The first-order valence-corrected chi connectivity index (χ1v) is 5.97. The molecule has 2 N–H and O–H groups in total. The van der Waals surface area contributed by atoms with E-state index in [4.69, 9.17) is 0 Å². The van der Waals surface area contributed by atoms with Crippen molar-refractivity contribution >= 4 is 39.8 Å². The molecule has 70 valence electrons. The Bertz CT molecular complexity index is 322. The lowest BCUT2D eigenvalue weighted by atomic mass is 10.1. The van der Waals surface area contributed by atoms with E-state index in [1.807, 2.05) is 11.4 Å². The summed E-state index contributed by atoms with van der Waals surface area (Å²) >= 11 is 3.81. The maximum absolute atomic E-state index is 11.5. The zero-order chi connectivity index (χ0) is 9.26. The van der Waals surface area contributed by atoms with Crippen molar-refractivity contribution < 1.29 is 4.79 Å². The quantitative estimate of drug-likeness (QED) is 0.802. The Hall–Kier alpha value is -0.140. The lowest BCUT2D eigenvalue weighted by Gasteiger charge is -2.27. The summed E-state index contributed by atoms with van der Waals surface area (Å²) in [6.45, 7) is 1.79. The molecule has 1 aromatic rings. The lowest BCUT2D eigenvalue weighted by molar-refractivity contribution is 0.0924. The van der Waals surface area contributed by atoms with Crippen LogP contribution < -0.4 is 10.6 Å². The maximum Gasteiger partial charge on any atom is 0.252 e. The number of hydrogen-bond donors (Lipinski definition) is 2. The van der Waals surface area contributed by atoms with Gasteiger partial charge in [0.05, 0.1) is 14.5 Å². The monoisotopic (exact) mass is 308 g/mol. The van der Waals surface area contributed by atoms with Crippen LogP contribution in [0.4, 0.5) is 0 Å². The van der Waals surface area contributed by atoms with Crippen LogP contribution in [0.2, 0.25) is 0 Å². The molecule has 0 aromatic carbocycles. The molecular formula is C8H9IN2OS. The van der Waals surface area contributed by atoms with Crippen molar-refractivity contribution in [2.45, 2.75) is 6.04 Å². The molecule has 1 aromatic heterocycles. The van der Waals surface area contributed by atoms with Crippen LogP contribution in [0.5, 0.6) is 0 Å². The average Bonchev–Trinajstić information content (AvgIpc) is 2.44. The van der Waals surface area contributed by atoms with Crippen LogP contribution >= 0.6 is 33.9 Å². The topological polar surface area (TPSA) is 41.1 Å². The van der Waals surface area contributed by atoms with E-state index >= 15 is 0 Å². The van der Waals surface area contributed by atoms with Crippen molar-refractivity contribution in [3.05, 3.63) is 19.9 Å². The van der Waals surface area contributed by atoms with Gasteiger partial charge in [0, 0.05) is 18.5 Å². The first-order valence-electron chi connectivity index (χ1n) is 4.01. The van der Waals surface area contributed by atoms with Gasteiger partial charge in [0.15, 0.2) is 0 Å². The van der Waals surface area contributed by atoms with E-state index in [-0.39, 0.29) is 5.91 Å². The molecule has 0 saturated carbocycles. The molecular weight excluding hydrogens is 299 g/mol. The molecule has 0 radical (unpaired) electrons. The molecule has 1 aliphatic heterocycles. The van der Waals surface area contributed by atoms with Crippen molar-refractivity contribution in [3.8, 4) is 0 Å². The second-order valence-corrected chi connectivity index (χ2v) is 5.77. The molecule has 1 amide bonds. The SMILES string of the molecule is O=C(NC1CNC1)c1csc(I)c1. The van der Waals surface area contributed by atoms with Crippen molar-refractivity contribution in [2.75, 3.05) is 13.1 Å². The fourth-order valence-electron chi connectivity index (χ4n) is 1.09. The maximum atomic E-state index is 11.5. The number of nitrogens with one attached hydrogen (secondary N) is 2. The Balaban J connectivity index is 1.96. The van der Waals surface area contributed by atoms with Gasteiger partial charge < -0.3 is 10.6 Å². The minimum absolute atomic E-state index is 0.0469. The van der Waals surface area contributed by atoms with Gasteiger partial charge in [0.25, 0.3) is 5.91 Å². The number of amides is 1. The van der Waals surface area contributed by atoms with Crippen molar-refractivity contribution in [1.82, 2.24) is 10.6 Å². The first kappa shape index (κ1) is 9.42. The van der Waals surface area contributed by atoms with Gasteiger partial charge in [-0.25, -0.2) is 0 Å². The van der Waals surface area contributed by atoms with E-state index in [9.17, 15) is 4.79 Å². The molecule has 1 saturated heterocycles. The highest BCUT2D eigenvalue weighted by Crippen LogP contribution is 2.16. The molecule has 2 heterocycles. The third-order valence-electron chi connectivity index (χ3n) is 1.95. The van der Waals surface area contributed by atoms with Gasteiger partial charge in [-0.3, -0.25) is 4.79 Å². The molecule has 0 aliphatic carbocycles. The number of carbonyl (C=O) groups is 1. The van der Waals surface area contributed by atoms with Crippen LogP contribution in [-0.2, 0) is 0 Å². The van der Waals surface area contributed by atoms with Gasteiger partial charge in [-0.1, -0.05) is 0 Å². The van der Waals surface area contributed by atoms with Crippen molar-refractivity contribution in [1.29, 1.82) is 0 Å². The second kappa shape index (κ2) is 3.93. The highest BCUT2D eigenvalue weighted by Gasteiger charge is 2.19. The molecule has 2 rings (SSSR count). The highest BCUT2D eigenvalue weighted by atomic mass is 127. The summed E-state index contributed by atoms with van der Waals surface area (Å²) in [5, 5.41) is 7.95. The zero-order valence-electron chi connectivity index (χ0n) is 6.84. The molecule has 1 fully saturated rings. The van der Waals surface area contributed by atoms with E-state index in [0.717, 1.165) is 21.5 Å². The van der Waals surface area contributed by atoms with Crippen LogP contribution in [0, 0.1) is 2.88 Å². The van der Waals surface area contributed by atoms with Crippen LogP contribution in [-0.4, -0.2) is 25.0 Å². The Morgan fingerprint density at radius 1 is 1.69 bits per heavy atom. The minimum Gasteiger partial charge on any atom is -0.347 e. The van der Waals surface area contributed by atoms with Gasteiger partial charge >= 0.3 is 0 Å². The summed E-state index contributed by atoms with van der Waals surface area (Å²) in [5.74, 6) is 0.0469. The largest absolute Gasteiger partial charge is 0.347 e. The van der Waals surface area contributed by atoms with Crippen LogP contribution in [0.3, 0.4) is 0 Å². The number of thiophene rings is 1. The third-order valence-corrected chi connectivity index (χ3v) is 3.74. The summed E-state index contributed by atoms with van der Waals surface area (Å²) in [5.41, 5.74) is 0.779. The Morgan fingerprint density at radius 2 is 2.46 bits per heavy atom. The molecule has 0 unspecified atom stereocenters. The van der Waals surface area contributed by atoms with E-state index in [1.165, 1.54) is 0 Å². The van der Waals surface area contributed by atoms with Crippen LogP contribution in [0.1, 0.15) is 10.4 Å². The first-order chi connectivity index (χ1) is 6.25. The normalized spacial score (nSPS) is 16.7. The predicted octanol–water partition coefficient (Wildman–Crippen LogP) is 1.05. The average molecular weight is 308 g/mol. The minimum atomic E-state index is 0.0469. The van der Waals surface area contributed by atoms with Gasteiger partial charge in [-0.2, -0.15) is 0 Å². The van der Waals surface area contributed by atoms with Gasteiger partial charge in [-0.05, 0) is 28.7 Å². The van der Waals surface area contributed by atoms with Gasteiger partial charge in [0.2, 0.25) is 0 Å². The second-order valence-electron chi connectivity index (χ2n) is 2.97. The predicted molar refractivity (Wildman–Crippen MR) is 61.2 cm³/mol. The summed E-state index contributed by atoms with van der Waals surface area (Å²) in [4.78, 5) is 11.5. The third kappa shape index (κ3) is 2.21. The molecule has 0 atom stereocenters. The van der Waals surface area contributed by atoms with E-state index in [1.54, 1.807) is 11.3 Å². The number of hydrogen-bond acceptors (Lipinski definition) is 3. The standard InChI is InChI=1S/C8H9IN2OS/c9-7-1-5(4-13-7)8(12)11-6-2-10-3-6/h1,4,6,10H,2-3H2,(H,11,12). The Labute approximate surface area is 94.0 Å². The van der Waals surface area contributed by atoms with Crippen molar-refractivity contribution in [2.24, 2.45) is 0 Å². The summed E-state index contributed by atoms with van der Waals surface area (Å²) < 4.78 is 1.15. The fraction of sp³-hybridized carbons (Fsp3) is 0.375. The van der Waals surface area contributed by atoms with E-state index < -0.39 is 0 Å². The molecule has 1 aliphatic rings. The van der Waals surface area contributed by atoms with Gasteiger partial charge in [0.1, 0.15) is 0 Å². The van der Waals surface area contributed by atoms with E-state index in [0.29, 0.717) is 6.04 Å². The number of carbonyl (C=O) groups excluding carboxylic acids is 1. The Kier molecular flexibility index (Phi) is 2.85. The summed E-state index contributed by atoms with van der Waals surface area (Å²) in [7, 11) is 0. The summed E-state index contributed by atoms with van der Waals surface area (Å²) in [6.07, 6.45) is 0. The number of rotatable bonds is 2. The van der Waals surface area contributed by atoms with Crippen molar-refractivity contribution in [3.63, 3.8) is 0 Å². The van der Waals surface area contributed by atoms with Crippen LogP contribution in [0.15, 0.2) is 11.4 Å². The molecule has 0 spiro atoms. The number of halogens is 1. The smallest absolute Gasteiger partial charge is 0.252 e. The molecule has 3 nitrogen and oxygen atoms in total. The summed E-state index contributed by atoms with van der Waals surface area (Å²) in [6, 6.07) is 2.23.